The summed E-state index contributed by atoms with van der Waals surface area (Å²) >= 11 is 3.44. The van der Waals surface area contributed by atoms with Crippen molar-refractivity contribution in [1.82, 2.24) is 9.13 Å². The number of aromatic carboxylic acids is 1. The molecule has 0 aliphatic heterocycles. The van der Waals surface area contributed by atoms with Crippen molar-refractivity contribution in [3.05, 3.63) is 79.3 Å². The molecule has 2 aromatic heterocycles. The second-order valence-electron chi connectivity index (χ2n) is 9.21. The minimum atomic E-state index is -1.15. The van der Waals surface area contributed by atoms with Crippen LogP contribution in [-0.2, 0) is 20.0 Å². The molecule has 0 fully saturated rings. The van der Waals surface area contributed by atoms with Crippen LogP contribution in [0.5, 0.6) is 0 Å². The molecule has 2 heterocycles. The van der Waals surface area contributed by atoms with Crippen molar-refractivity contribution in [2.45, 2.75) is 51.7 Å². The van der Waals surface area contributed by atoms with Crippen molar-refractivity contribution < 1.29 is 9.90 Å². The van der Waals surface area contributed by atoms with Gasteiger partial charge in [-0.05, 0) is 22.3 Å². The Balaban J connectivity index is 0.000000623. The molecule has 0 spiro atoms. The van der Waals surface area contributed by atoms with Gasteiger partial charge in [-0.15, -0.1) is 11.3 Å². The Hall–Kier alpha value is -2.59. The molecule has 0 aliphatic rings. The summed E-state index contributed by atoms with van der Waals surface area (Å²) in [6, 6.07) is 13.9. The molecule has 0 saturated heterocycles. The third-order valence-corrected chi connectivity index (χ3v) is 7.16. The number of hydrogen-bond acceptors (Lipinski definition) is 4. The van der Waals surface area contributed by atoms with Crippen molar-refractivity contribution in [3.8, 4) is 0 Å². The first-order valence-corrected chi connectivity index (χ1v) is 13.0. The van der Waals surface area contributed by atoms with Gasteiger partial charge in [0.25, 0.3) is 5.56 Å². The van der Waals surface area contributed by atoms with Crippen LogP contribution in [0.4, 0.5) is 0 Å². The minimum absolute atomic E-state index is 0.000963. The molecule has 4 aromatic rings. The molecule has 0 amide bonds. The first-order chi connectivity index (χ1) is 16.7. The van der Waals surface area contributed by atoms with Gasteiger partial charge in [0.2, 0.25) is 0 Å². The van der Waals surface area contributed by atoms with Crippen molar-refractivity contribution >= 4 is 56.0 Å². The second kappa shape index (κ2) is 11.9. The predicted octanol–water partition coefficient (Wildman–Crippen LogP) is 5.23. The third-order valence-electron chi connectivity index (χ3n) is 5.94. The van der Waals surface area contributed by atoms with Crippen LogP contribution in [0.3, 0.4) is 0 Å². The van der Waals surface area contributed by atoms with Crippen molar-refractivity contribution in [2.24, 2.45) is 13.0 Å². The molecule has 180 valence electrons. The van der Waals surface area contributed by atoms with Gasteiger partial charge in [0.05, 0.1) is 10.9 Å². The van der Waals surface area contributed by atoms with Crippen molar-refractivity contribution in [3.63, 3.8) is 0 Å². The molecule has 0 bridgehead atoms. The van der Waals surface area contributed by atoms with Gasteiger partial charge in [0, 0.05) is 24.9 Å². The van der Waals surface area contributed by atoms with Crippen LogP contribution < -0.4 is 11.2 Å². The van der Waals surface area contributed by atoms with E-state index in [1.807, 2.05) is 56.3 Å². The molecule has 35 heavy (non-hydrogen) atoms. The Morgan fingerprint density at radius 3 is 2.40 bits per heavy atom. The fourth-order valence-corrected chi connectivity index (χ4v) is 5.53. The molecular weight excluding hydrogens is 455 g/mol. The third kappa shape index (κ3) is 5.80. The van der Waals surface area contributed by atoms with Gasteiger partial charge in [-0.25, -0.2) is 9.59 Å². The van der Waals surface area contributed by atoms with Crippen LogP contribution in [0.25, 0.3) is 21.0 Å². The molecule has 0 radical (unpaired) electrons. The Morgan fingerprint density at radius 2 is 1.80 bits per heavy atom. The number of unbranched alkanes of at least 4 members (excludes halogenated alkanes) is 1. The summed E-state index contributed by atoms with van der Waals surface area (Å²) in [6.07, 6.45) is 3.11. The summed E-state index contributed by atoms with van der Waals surface area (Å²) in [7, 11) is 1.40. The molecule has 0 unspecified atom stereocenters. The maximum absolute atomic E-state index is 12.9. The van der Waals surface area contributed by atoms with Crippen molar-refractivity contribution in [2.75, 3.05) is 0 Å². The van der Waals surface area contributed by atoms with Gasteiger partial charge < -0.3 is 5.11 Å². The molecule has 8 heteroatoms. The average molecular weight is 487 g/mol. The first-order valence-electron chi connectivity index (χ1n) is 12.2. The van der Waals surface area contributed by atoms with E-state index in [-0.39, 0.29) is 16.9 Å². The Kier molecular flexibility index (Phi) is 9.18. The molecule has 6 nitrogen and oxygen atoms in total. The summed E-state index contributed by atoms with van der Waals surface area (Å²) in [6.45, 7) is 6.58. The number of rotatable bonds is 7. The zero-order chi connectivity index (χ0) is 25.7. The Morgan fingerprint density at radius 1 is 1.11 bits per heavy atom. The monoisotopic (exact) mass is 486 g/mol. The van der Waals surface area contributed by atoms with E-state index in [9.17, 15) is 19.5 Å². The van der Waals surface area contributed by atoms with Crippen molar-refractivity contribution in [1.29, 1.82) is 0 Å². The van der Waals surface area contributed by atoms with Gasteiger partial charge >= 0.3 is 54.2 Å². The van der Waals surface area contributed by atoms with Crippen LogP contribution in [0.15, 0.2) is 52.1 Å². The van der Waals surface area contributed by atoms with E-state index in [0.29, 0.717) is 22.7 Å². The predicted molar refractivity (Wildman–Crippen MR) is 145 cm³/mol. The van der Waals surface area contributed by atoms with Gasteiger partial charge in [0.15, 0.2) is 0 Å². The number of hydrogen-bond donors (Lipinski definition) is 1. The molecule has 1 N–H and O–H groups in total. The number of fused-ring (bicyclic) bond motifs is 2. The van der Waals surface area contributed by atoms with E-state index < -0.39 is 17.2 Å². The summed E-state index contributed by atoms with van der Waals surface area (Å²) in [4.78, 5) is 38.8. The second-order valence-corrected chi connectivity index (χ2v) is 10.3. The SMILES string of the molecule is CC(C)Cn1c(=O)n(C)c(=O)c2c(C(=O)O)c(Cc3cccc4ccccc34)sc21.[Li][CH2]CCC. The van der Waals surface area contributed by atoms with Crippen LogP contribution in [0.2, 0.25) is 5.09 Å². The average Bonchev–Trinajstić information content (AvgIpc) is 3.21. The summed E-state index contributed by atoms with van der Waals surface area (Å²) in [5.41, 5.74) is 0.00158. The van der Waals surface area contributed by atoms with E-state index in [4.69, 9.17) is 0 Å². The van der Waals surface area contributed by atoms with Gasteiger partial charge in [-0.3, -0.25) is 13.9 Å². The van der Waals surface area contributed by atoms with E-state index in [1.165, 1.54) is 40.9 Å². The first kappa shape index (κ1) is 27.0. The molecule has 0 aliphatic carbocycles. The van der Waals surface area contributed by atoms with Crippen LogP contribution in [-0.4, -0.2) is 37.9 Å². The molecular formula is C27H31LiN2O4S. The summed E-state index contributed by atoms with van der Waals surface area (Å²) < 4.78 is 2.54. The maximum atomic E-state index is 12.9. The molecule has 0 atom stereocenters. The van der Waals surface area contributed by atoms with Gasteiger partial charge in [-0.1, -0.05) is 56.3 Å². The fraction of sp³-hybridized carbons (Fsp3) is 0.370. The van der Waals surface area contributed by atoms with Crippen LogP contribution in [0, 0.1) is 5.92 Å². The number of thiophene rings is 1. The van der Waals surface area contributed by atoms with E-state index >= 15 is 0 Å². The fourth-order valence-electron chi connectivity index (χ4n) is 4.23. The number of carboxylic acid groups (broad SMARTS) is 1. The molecule has 4 rings (SSSR count). The summed E-state index contributed by atoms with van der Waals surface area (Å²) in [5, 5.41) is 13.5. The summed E-state index contributed by atoms with van der Waals surface area (Å²) in [5.74, 6) is -0.983. The zero-order valence-electron chi connectivity index (χ0n) is 21.1. The number of carboxylic acids is 1. The number of aromatic nitrogens is 2. The Bertz CT molecular complexity index is 1460. The normalized spacial score (nSPS) is 11.2. The standard InChI is InChI=1S/C23H22N2O4S.C4H9.Li/c1-13(2)12-25-21-19(20(26)24(3)23(25)29)18(22(27)28)17(30-21)11-15-9-6-8-14-7-4-5-10-16(14)15;1-3-4-2;/h4-10,13H,11-12H2,1-3H3,(H,27,28);1,3-4H2,2H3;. The topological polar surface area (TPSA) is 81.3 Å². The van der Waals surface area contributed by atoms with Crippen LogP contribution in [0.1, 0.15) is 54.4 Å². The number of benzene rings is 2. The molecule has 0 saturated carbocycles. The van der Waals surface area contributed by atoms with E-state index in [1.54, 1.807) is 0 Å². The quantitative estimate of drug-likeness (QED) is 0.363. The Labute approximate surface area is 218 Å². The van der Waals surface area contributed by atoms with Crippen LogP contribution >= 0.6 is 11.3 Å². The molecule has 2 aromatic carbocycles. The number of nitrogens with zero attached hydrogens (tertiary/aromatic N) is 2. The number of carbonyl (C=O) groups is 1. The van der Waals surface area contributed by atoms with E-state index in [2.05, 4.69) is 24.6 Å². The van der Waals surface area contributed by atoms with E-state index in [0.717, 1.165) is 20.9 Å². The zero-order valence-corrected chi connectivity index (χ0v) is 21.9. The van der Waals surface area contributed by atoms with Gasteiger partial charge in [-0.2, -0.15) is 0 Å². The van der Waals surface area contributed by atoms with Gasteiger partial charge in [0.1, 0.15) is 4.83 Å².